The zero-order valence-corrected chi connectivity index (χ0v) is 15.2. The lowest BCUT2D eigenvalue weighted by atomic mass is 9.96. The maximum absolute atomic E-state index is 13.9. The first kappa shape index (κ1) is 18.5. The number of thiophene rings is 1. The van der Waals surface area contributed by atoms with E-state index in [9.17, 15) is 18.4 Å². The molecule has 7 heteroatoms. The third kappa shape index (κ3) is 4.09. The van der Waals surface area contributed by atoms with Gasteiger partial charge in [0.2, 0.25) is 5.91 Å². The van der Waals surface area contributed by atoms with Gasteiger partial charge in [0.15, 0.2) is 0 Å². The van der Waals surface area contributed by atoms with Crippen LogP contribution in [0.15, 0.2) is 35.7 Å². The SMILES string of the molecule is C[C@@H](NC(=O)[C@@H]1CCCN(C(=O)c2cccs2)C1)c1ccc(F)cc1F. The summed E-state index contributed by atoms with van der Waals surface area (Å²) in [5.74, 6) is -1.95. The van der Waals surface area contributed by atoms with Gasteiger partial charge in [0, 0.05) is 24.7 Å². The second kappa shape index (κ2) is 7.95. The molecule has 0 radical (unpaired) electrons. The van der Waals surface area contributed by atoms with Crippen molar-refractivity contribution < 1.29 is 18.4 Å². The Bertz CT molecular complexity index is 795. The molecule has 2 amide bonds. The molecule has 3 rings (SSSR count). The summed E-state index contributed by atoms with van der Waals surface area (Å²) in [5, 5.41) is 4.63. The van der Waals surface area contributed by atoms with Crippen LogP contribution < -0.4 is 5.32 Å². The molecule has 0 unspecified atom stereocenters. The van der Waals surface area contributed by atoms with Crippen molar-refractivity contribution in [2.45, 2.75) is 25.8 Å². The average molecular weight is 378 g/mol. The van der Waals surface area contributed by atoms with E-state index >= 15 is 0 Å². The Labute approximate surface area is 154 Å². The van der Waals surface area contributed by atoms with Crippen LogP contribution in [0.1, 0.15) is 41.0 Å². The van der Waals surface area contributed by atoms with Crippen LogP contribution in [-0.4, -0.2) is 29.8 Å². The fourth-order valence-electron chi connectivity index (χ4n) is 3.19. The summed E-state index contributed by atoms with van der Waals surface area (Å²) < 4.78 is 26.9. The van der Waals surface area contributed by atoms with Gasteiger partial charge in [0.1, 0.15) is 11.6 Å². The van der Waals surface area contributed by atoms with E-state index in [-0.39, 0.29) is 23.3 Å². The van der Waals surface area contributed by atoms with Gasteiger partial charge >= 0.3 is 0 Å². The van der Waals surface area contributed by atoms with Gasteiger partial charge in [-0.15, -0.1) is 11.3 Å². The van der Waals surface area contributed by atoms with E-state index in [0.717, 1.165) is 12.5 Å². The second-order valence-corrected chi connectivity index (χ2v) is 7.41. The van der Waals surface area contributed by atoms with Gasteiger partial charge < -0.3 is 10.2 Å². The monoisotopic (exact) mass is 378 g/mol. The van der Waals surface area contributed by atoms with Crippen molar-refractivity contribution in [2.75, 3.05) is 13.1 Å². The molecule has 2 heterocycles. The molecule has 0 bridgehead atoms. The molecule has 1 saturated heterocycles. The zero-order valence-electron chi connectivity index (χ0n) is 14.4. The highest BCUT2D eigenvalue weighted by atomic mass is 32.1. The van der Waals surface area contributed by atoms with Crippen LogP contribution in [0.4, 0.5) is 8.78 Å². The smallest absolute Gasteiger partial charge is 0.263 e. The predicted molar refractivity (Wildman–Crippen MR) is 95.9 cm³/mol. The first-order valence-corrected chi connectivity index (χ1v) is 9.42. The van der Waals surface area contributed by atoms with E-state index in [1.807, 2.05) is 11.4 Å². The molecule has 0 saturated carbocycles. The third-order valence-electron chi connectivity index (χ3n) is 4.60. The minimum Gasteiger partial charge on any atom is -0.349 e. The van der Waals surface area contributed by atoms with Crippen LogP contribution in [-0.2, 0) is 4.79 Å². The number of piperidine rings is 1. The highest BCUT2D eigenvalue weighted by Crippen LogP contribution is 2.23. The Kier molecular flexibility index (Phi) is 5.66. The number of nitrogens with zero attached hydrogens (tertiary/aromatic N) is 1. The topological polar surface area (TPSA) is 49.4 Å². The Morgan fingerprint density at radius 2 is 2.12 bits per heavy atom. The molecule has 1 aliphatic rings. The van der Waals surface area contributed by atoms with Gasteiger partial charge in [0.25, 0.3) is 5.91 Å². The highest BCUT2D eigenvalue weighted by molar-refractivity contribution is 7.12. The number of hydrogen-bond donors (Lipinski definition) is 1. The van der Waals surface area contributed by atoms with E-state index in [2.05, 4.69) is 5.32 Å². The molecule has 2 atom stereocenters. The summed E-state index contributed by atoms with van der Waals surface area (Å²) in [6, 6.07) is 6.33. The first-order chi connectivity index (χ1) is 12.5. The van der Waals surface area contributed by atoms with Crippen molar-refractivity contribution >= 4 is 23.2 Å². The minimum atomic E-state index is -0.684. The lowest BCUT2D eigenvalue weighted by molar-refractivity contribution is -0.127. The number of nitrogens with one attached hydrogen (secondary N) is 1. The molecule has 1 aliphatic heterocycles. The number of hydrogen-bond acceptors (Lipinski definition) is 3. The van der Waals surface area contributed by atoms with E-state index in [0.29, 0.717) is 24.4 Å². The number of halogens is 2. The van der Waals surface area contributed by atoms with E-state index in [1.54, 1.807) is 17.9 Å². The standard InChI is InChI=1S/C19H20F2N2O2S/c1-12(15-7-6-14(20)10-16(15)21)22-18(24)13-4-2-8-23(11-13)19(25)17-5-3-9-26-17/h3,5-7,9-10,12-13H,2,4,8,11H2,1H3,(H,22,24)/t12-,13-/m1/s1. The highest BCUT2D eigenvalue weighted by Gasteiger charge is 2.30. The summed E-state index contributed by atoms with van der Waals surface area (Å²) in [7, 11) is 0. The molecular weight excluding hydrogens is 358 g/mol. The van der Waals surface area contributed by atoms with Crippen molar-refractivity contribution in [1.29, 1.82) is 0 Å². The molecule has 138 valence electrons. The lowest BCUT2D eigenvalue weighted by Crippen LogP contribution is -2.45. The van der Waals surface area contributed by atoms with Gasteiger partial charge in [-0.25, -0.2) is 8.78 Å². The van der Waals surface area contributed by atoms with Crippen LogP contribution in [0, 0.1) is 17.6 Å². The van der Waals surface area contributed by atoms with Gasteiger partial charge in [-0.05, 0) is 37.3 Å². The number of carbonyl (C=O) groups is 2. The van der Waals surface area contributed by atoms with Gasteiger partial charge in [-0.1, -0.05) is 12.1 Å². The van der Waals surface area contributed by atoms with E-state index < -0.39 is 17.7 Å². The fourth-order valence-corrected chi connectivity index (χ4v) is 3.88. The molecule has 2 aromatic rings. The molecule has 1 aromatic carbocycles. The Morgan fingerprint density at radius 1 is 1.31 bits per heavy atom. The molecule has 0 spiro atoms. The minimum absolute atomic E-state index is 0.0601. The van der Waals surface area contributed by atoms with Gasteiger partial charge in [0.05, 0.1) is 16.8 Å². The maximum atomic E-state index is 13.9. The van der Waals surface area contributed by atoms with Crippen LogP contribution in [0.2, 0.25) is 0 Å². The van der Waals surface area contributed by atoms with Crippen molar-refractivity contribution in [3.05, 3.63) is 57.8 Å². The molecule has 1 fully saturated rings. The molecule has 4 nitrogen and oxygen atoms in total. The predicted octanol–water partition coefficient (Wildman–Crippen LogP) is 3.76. The van der Waals surface area contributed by atoms with Crippen LogP contribution in [0.3, 0.4) is 0 Å². The van der Waals surface area contributed by atoms with Gasteiger partial charge in [-0.3, -0.25) is 9.59 Å². The quantitative estimate of drug-likeness (QED) is 0.881. The average Bonchev–Trinajstić information content (AvgIpc) is 3.15. The first-order valence-electron chi connectivity index (χ1n) is 8.54. The molecule has 1 N–H and O–H groups in total. The summed E-state index contributed by atoms with van der Waals surface area (Å²) in [4.78, 5) is 27.4. The second-order valence-electron chi connectivity index (χ2n) is 6.46. The number of benzene rings is 1. The van der Waals surface area contributed by atoms with E-state index in [4.69, 9.17) is 0 Å². The molecule has 0 aliphatic carbocycles. The van der Waals surface area contributed by atoms with Crippen molar-refractivity contribution in [2.24, 2.45) is 5.92 Å². The van der Waals surface area contributed by atoms with Crippen molar-refractivity contribution in [3.63, 3.8) is 0 Å². The number of amides is 2. The molecular formula is C19H20F2N2O2S. The Hall–Kier alpha value is -2.28. The Balaban J connectivity index is 1.63. The number of rotatable bonds is 4. The maximum Gasteiger partial charge on any atom is 0.263 e. The fraction of sp³-hybridized carbons (Fsp3) is 0.368. The molecule has 1 aromatic heterocycles. The summed E-state index contributed by atoms with van der Waals surface area (Å²) in [5.41, 5.74) is 0.238. The van der Waals surface area contributed by atoms with Crippen molar-refractivity contribution in [1.82, 2.24) is 10.2 Å². The van der Waals surface area contributed by atoms with Crippen LogP contribution in [0.5, 0.6) is 0 Å². The van der Waals surface area contributed by atoms with Crippen molar-refractivity contribution in [3.8, 4) is 0 Å². The lowest BCUT2D eigenvalue weighted by Gasteiger charge is -2.32. The molecule has 26 heavy (non-hydrogen) atoms. The summed E-state index contributed by atoms with van der Waals surface area (Å²) in [6.07, 6.45) is 1.42. The number of likely N-dealkylation sites (tertiary alicyclic amines) is 1. The van der Waals surface area contributed by atoms with E-state index in [1.165, 1.54) is 23.5 Å². The zero-order chi connectivity index (χ0) is 18.7. The normalized spacial score (nSPS) is 18.4. The summed E-state index contributed by atoms with van der Waals surface area (Å²) in [6.45, 7) is 2.63. The number of carbonyl (C=O) groups excluding carboxylic acids is 2. The third-order valence-corrected chi connectivity index (χ3v) is 5.46. The summed E-state index contributed by atoms with van der Waals surface area (Å²) >= 11 is 1.38. The van der Waals surface area contributed by atoms with Crippen LogP contribution >= 0.6 is 11.3 Å². The van der Waals surface area contributed by atoms with Crippen LogP contribution in [0.25, 0.3) is 0 Å². The largest absolute Gasteiger partial charge is 0.349 e. The van der Waals surface area contributed by atoms with Gasteiger partial charge in [-0.2, -0.15) is 0 Å². The Morgan fingerprint density at radius 3 is 2.81 bits per heavy atom.